The molecule has 0 saturated carbocycles. The summed E-state index contributed by atoms with van der Waals surface area (Å²) in [5.41, 5.74) is 5.04. The van der Waals surface area contributed by atoms with Gasteiger partial charge in [-0.25, -0.2) is 8.42 Å². The van der Waals surface area contributed by atoms with Crippen molar-refractivity contribution >= 4 is 21.6 Å². The molecule has 188 valence electrons. The molecule has 36 heavy (non-hydrogen) atoms. The third-order valence-corrected chi connectivity index (χ3v) is 8.70. The summed E-state index contributed by atoms with van der Waals surface area (Å²) in [6.07, 6.45) is 2.32. The lowest BCUT2D eigenvalue weighted by molar-refractivity contribution is -0.128. The van der Waals surface area contributed by atoms with Crippen LogP contribution in [0.15, 0.2) is 65.6 Å². The number of fused-ring (bicyclic) bond motifs is 2. The number of hydrogen-bond acceptors (Lipinski definition) is 5. The summed E-state index contributed by atoms with van der Waals surface area (Å²) in [5.74, 6) is 0.559. The van der Waals surface area contributed by atoms with Crippen molar-refractivity contribution in [2.45, 2.75) is 50.2 Å². The Hall–Kier alpha value is -3.52. The van der Waals surface area contributed by atoms with Crippen LogP contribution < -0.4 is 19.1 Å². The van der Waals surface area contributed by atoms with Gasteiger partial charge in [0, 0.05) is 0 Å². The van der Waals surface area contributed by atoms with E-state index in [0.29, 0.717) is 17.2 Å². The Morgan fingerprint density at radius 2 is 1.81 bits per heavy atom. The maximum atomic E-state index is 13.7. The van der Waals surface area contributed by atoms with E-state index in [9.17, 15) is 13.2 Å². The highest BCUT2D eigenvalue weighted by molar-refractivity contribution is 7.92. The quantitative estimate of drug-likeness (QED) is 0.538. The van der Waals surface area contributed by atoms with Crippen molar-refractivity contribution in [1.82, 2.24) is 5.32 Å². The summed E-state index contributed by atoms with van der Waals surface area (Å²) in [6.45, 7) is 3.68. The molecule has 0 unspecified atom stereocenters. The summed E-state index contributed by atoms with van der Waals surface area (Å²) >= 11 is 0. The molecule has 0 fully saturated rings. The first-order chi connectivity index (χ1) is 17.3. The first kappa shape index (κ1) is 24.2. The average molecular weight is 507 g/mol. The number of methoxy groups -OCH3 is 1. The molecule has 0 saturated heterocycles. The standard InChI is InChI=1S/C28H30N2O5S/c1-18-7-14-26-25(15-18)30(36(32,33)24-12-10-23(34-3)11-13-24)17-27(35-26)28(31)29-19(2)21-9-8-20-5-4-6-22(20)16-21/h7-16,19,27H,4-6,17H2,1-3H3,(H,29,31)/t19-,27+/m1/s1. The van der Waals surface area contributed by atoms with Gasteiger partial charge in [-0.3, -0.25) is 9.10 Å². The highest BCUT2D eigenvalue weighted by atomic mass is 32.2. The minimum absolute atomic E-state index is 0.114. The van der Waals surface area contributed by atoms with Crippen molar-refractivity contribution in [3.63, 3.8) is 0 Å². The Morgan fingerprint density at radius 3 is 2.56 bits per heavy atom. The lowest BCUT2D eigenvalue weighted by atomic mass is 10.0. The SMILES string of the molecule is COc1ccc(S(=O)(=O)N2C[C@@H](C(=O)N[C@H](C)c3ccc4c(c3)CCC4)Oc3ccc(C)cc32)cc1. The molecule has 1 aliphatic heterocycles. The Morgan fingerprint density at radius 1 is 1.06 bits per heavy atom. The van der Waals surface area contributed by atoms with Crippen molar-refractivity contribution < 1.29 is 22.7 Å². The molecule has 0 spiro atoms. The van der Waals surface area contributed by atoms with Crippen LogP contribution in [0.5, 0.6) is 11.5 Å². The fourth-order valence-electron chi connectivity index (χ4n) is 4.85. The van der Waals surface area contributed by atoms with Gasteiger partial charge in [0.05, 0.1) is 30.3 Å². The Labute approximate surface area is 212 Å². The molecule has 8 heteroatoms. The molecular formula is C28H30N2O5S. The Bertz CT molecular complexity index is 1400. The van der Waals surface area contributed by atoms with Crippen molar-refractivity contribution in [3.8, 4) is 11.5 Å². The summed E-state index contributed by atoms with van der Waals surface area (Å²) in [7, 11) is -2.43. The first-order valence-corrected chi connectivity index (χ1v) is 13.6. The fourth-order valence-corrected chi connectivity index (χ4v) is 6.32. The third kappa shape index (κ3) is 4.53. The molecule has 0 aromatic heterocycles. The average Bonchev–Trinajstić information content (AvgIpc) is 3.36. The van der Waals surface area contributed by atoms with Crippen LogP contribution in [0.2, 0.25) is 0 Å². The number of anilines is 1. The summed E-state index contributed by atoms with van der Waals surface area (Å²) in [6, 6.07) is 17.6. The summed E-state index contributed by atoms with van der Waals surface area (Å²) < 4.78 is 39.8. The van der Waals surface area contributed by atoms with E-state index in [-0.39, 0.29) is 23.4 Å². The van der Waals surface area contributed by atoms with Gasteiger partial charge in [-0.1, -0.05) is 24.3 Å². The number of ether oxygens (including phenoxy) is 2. The van der Waals surface area contributed by atoms with Gasteiger partial charge < -0.3 is 14.8 Å². The molecule has 2 atom stereocenters. The minimum atomic E-state index is -3.95. The number of sulfonamides is 1. The molecule has 1 N–H and O–H groups in total. The predicted molar refractivity (Wildman–Crippen MR) is 138 cm³/mol. The molecule has 1 aliphatic carbocycles. The minimum Gasteiger partial charge on any atom is -0.497 e. The van der Waals surface area contributed by atoms with Crippen LogP contribution in [0.4, 0.5) is 5.69 Å². The molecular weight excluding hydrogens is 476 g/mol. The zero-order valence-electron chi connectivity index (χ0n) is 20.7. The van der Waals surface area contributed by atoms with Crippen LogP contribution >= 0.6 is 0 Å². The maximum absolute atomic E-state index is 13.7. The van der Waals surface area contributed by atoms with Crippen LogP contribution in [0, 0.1) is 6.92 Å². The van der Waals surface area contributed by atoms with E-state index in [4.69, 9.17) is 9.47 Å². The number of benzene rings is 3. The van der Waals surface area contributed by atoms with Crippen molar-refractivity contribution in [2.75, 3.05) is 18.0 Å². The third-order valence-electron chi connectivity index (χ3n) is 6.91. The van der Waals surface area contributed by atoms with Gasteiger partial charge in [-0.15, -0.1) is 0 Å². The van der Waals surface area contributed by atoms with Gasteiger partial charge in [0.2, 0.25) is 0 Å². The molecule has 3 aromatic carbocycles. The largest absolute Gasteiger partial charge is 0.497 e. The normalized spacial score (nSPS) is 17.5. The van der Waals surface area contributed by atoms with Crippen molar-refractivity contribution in [1.29, 1.82) is 0 Å². The number of nitrogens with zero attached hydrogens (tertiary/aromatic N) is 1. The second kappa shape index (κ2) is 9.50. The Balaban J connectivity index is 1.41. The maximum Gasteiger partial charge on any atom is 0.264 e. The zero-order valence-corrected chi connectivity index (χ0v) is 21.5. The number of aryl methyl sites for hydroxylation is 3. The molecule has 0 radical (unpaired) electrons. The summed E-state index contributed by atoms with van der Waals surface area (Å²) in [4.78, 5) is 13.4. The molecule has 2 aliphatic rings. The molecule has 0 bridgehead atoms. The van der Waals surface area contributed by atoms with Gasteiger partial charge in [0.15, 0.2) is 6.10 Å². The first-order valence-electron chi connectivity index (χ1n) is 12.1. The van der Waals surface area contributed by atoms with Gasteiger partial charge in [-0.05, 0) is 91.8 Å². The second-order valence-corrected chi connectivity index (χ2v) is 11.3. The molecule has 5 rings (SSSR count). The number of amides is 1. The number of carbonyl (C=O) groups excluding carboxylic acids is 1. The van der Waals surface area contributed by atoms with Crippen LogP contribution in [0.1, 0.15) is 41.6 Å². The monoisotopic (exact) mass is 506 g/mol. The lowest BCUT2D eigenvalue weighted by Gasteiger charge is -2.35. The van der Waals surface area contributed by atoms with E-state index in [2.05, 4.69) is 23.5 Å². The van der Waals surface area contributed by atoms with Crippen LogP contribution in [0.25, 0.3) is 0 Å². The predicted octanol–water partition coefficient (Wildman–Crippen LogP) is 4.33. The van der Waals surface area contributed by atoms with Gasteiger partial charge in [0.1, 0.15) is 11.5 Å². The number of hydrogen-bond donors (Lipinski definition) is 1. The van der Waals surface area contributed by atoms with E-state index in [1.54, 1.807) is 24.3 Å². The van der Waals surface area contributed by atoms with E-state index in [1.165, 1.54) is 34.7 Å². The molecule has 7 nitrogen and oxygen atoms in total. The van der Waals surface area contributed by atoms with Gasteiger partial charge >= 0.3 is 0 Å². The number of nitrogens with one attached hydrogen (secondary N) is 1. The topological polar surface area (TPSA) is 84.9 Å². The van der Waals surface area contributed by atoms with E-state index < -0.39 is 16.1 Å². The van der Waals surface area contributed by atoms with Gasteiger partial charge in [0.25, 0.3) is 15.9 Å². The van der Waals surface area contributed by atoms with E-state index in [1.807, 2.05) is 19.9 Å². The zero-order chi connectivity index (χ0) is 25.4. The van der Waals surface area contributed by atoms with Gasteiger partial charge in [-0.2, -0.15) is 0 Å². The molecule has 1 amide bonds. The Kier molecular flexibility index (Phi) is 6.38. The summed E-state index contributed by atoms with van der Waals surface area (Å²) in [5, 5.41) is 3.02. The number of carbonyl (C=O) groups is 1. The highest BCUT2D eigenvalue weighted by Gasteiger charge is 2.38. The smallest absolute Gasteiger partial charge is 0.264 e. The fraction of sp³-hybridized carbons (Fsp3) is 0.321. The highest BCUT2D eigenvalue weighted by Crippen LogP contribution is 2.38. The van der Waals surface area contributed by atoms with Crippen molar-refractivity contribution in [3.05, 3.63) is 82.9 Å². The lowest BCUT2D eigenvalue weighted by Crippen LogP contribution is -2.51. The van der Waals surface area contributed by atoms with Crippen LogP contribution in [-0.4, -0.2) is 34.1 Å². The van der Waals surface area contributed by atoms with Crippen molar-refractivity contribution in [2.24, 2.45) is 0 Å². The van der Waals surface area contributed by atoms with E-state index >= 15 is 0 Å². The molecule has 1 heterocycles. The number of rotatable bonds is 6. The van der Waals surface area contributed by atoms with Crippen LogP contribution in [0.3, 0.4) is 0 Å². The van der Waals surface area contributed by atoms with E-state index in [0.717, 1.165) is 30.4 Å². The van der Waals surface area contributed by atoms with Crippen LogP contribution in [-0.2, 0) is 27.7 Å². The molecule has 3 aromatic rings. The second-order valence-electron chi connectivity index (χ2n) is 9.40.